The Labute approximate surface area is 126 Å². The van der Waals surface area contributed by atoms with Gasteiger partial charge in [-0.2, -0.15) is 0 Å². The molecule has 0 aliphatic rings. The van der Waals surface area contributed by atoms with Gasteiger partial charge in [0, 0.05) is 14.5 Å². The Kier molecular flexibility index (Phi) is 3.14. The minimum absolute atomic E-state index is 0.0630. The molecule has 0 atom stereocenters. The van der Waals surface area contributed by atoms with Gasteiger partial charge < -0.3 is 0 Å². The smallest absolute Gasteiger partial charge is 0.126 e. The van der Waals surface area contributed by atoms with Crippen molar-refractivity contribution < 1.29 is 7.13 Å². The predicted octanol–water partition coefficient (Wildman–Crippen LogP) is 5.12. The van der Waals surface area contributed by atoms with Crippen LogP contribution in [0.25, 0.3) is 22.4 Å². The van der Waals surface area contributed by atoms with Gasteiger partial charge in [-0.15, -0.1) is 0 Å². The van der Waals surface area contributed by atoms with Crippen LogP contribution >= 0.6 is 0 Å². The quantitative estimate of drug-likeness (QED) is 0.648. The minimum Gasteiger partial charge on any atom is -0.256 e. The zero-order valence-electron chi connectivity index (χ0n) is 13.7. The molecule has 0 unspecified atom stereocenters. The molecule has 1 heterocycles. The van der Waals surface area contributed by atoms with Crippen LogP contribution < -0.4 is 0 Å². The first-order valence-electron chi connectivity index (χ1n) is 7.77. The van der Waals surface area contributed by atoms with Gasteiger partial charge in [-0.1, -0.05) is 43.3 Å². The predicted molar refractivity (Wildman–Crippen MR) is 84.4 cm³/mol. The van der Waals surface area contributed by atoms with Gasteiger partial charge in [-0.25, -0.2) is 4.39 Å². The molecule has 0 saturated carbocycles. The lowest BCUT2D eigenvalue weighted by Gasteiger charge is -2.07. The molecule has 1 aromatic heterocycles. The molecule has 0 amide bonds. The molecule has 3 aromatic rings. The zero-order chi connectivity index (χ0) is 16.4. The molecule has 3 rings (SSSR count). The average molecular weight is 279 g/mol. The van der Waals surface area contributed by atoms with E-state index in [-0.39, 0.29) is 5.56 Å². The highest BCUT2D eigenvalue weighted by Gasteiger charge is 2.06. The molecule has 2 aromatic carbocycles. The summed E-state index contributed by atoms with van der Waals surface area (Å²) in [6.45, 7) is 1.36. The number of halogens is 1. The first-order chi connectivity index (χ1) is 10.9. The number of aryl methyl sites for hydroxylation is 1. The lowest BCUT2D eigenvalue weighted by Crippen LogP contribution is -1.90. The van der Waals surface area contributed by atoms with Gasteiger partial charge in [0.25, 0.3) is 0 Å². The van der Waals surface area contributed by atoms with Crippen LogP contribution in [0.3, 0.4) is 0 Å². The molecule has 0 saturated heterocycles. The highest BCUT2D eigenvalue weighted by molar-refractivity contribution is 5.70. The monoisotopic (exact) mass is 279 g/mol. The third kappa shape index (κ3) is 2.84. The van der Waals surface area contributed by atoms with Crippen molar-refractivity contribution in [3.8, 4) is 22.4 Å². The van der Waals surface area contributed by atoms with E-state index in [0.29, 0.717) is 0 Å². The zero-order valence-corrected chi connectivity index (χ0v) is 11.7. The molecular formula is C19H16FN. The van der Waals surface area contributed by atoms with Crippen molar-refractivity contribution >= 4 is 0 Å². The van der Waals surface area contributed by atoms with Gasteiger partial charge in [0.05, 0.1) is 5.69 Å². The fourth-order valence-corrected chi connectivity index (χ4v) is 2.27. The van der Waals surface area contributed by atoms with Crippen LogP contribution in [-0.4, -0.2) is 4.98 Å². The number of benzene rings is 2. The minimum atomic E-state index is -1.73. The highest BCUT2D eigenvalue weighted by Crippen LogP contribution is 2.26. The highest BCUT2D eigenvalue weighted by atomic mass is 19.1. The number of rotatable bonds is 3. The van der Waals surface area contributed by atoms with Crippen LogP contribution in [0.4, 0.5) is 4.39 Å². The van der Waals surface area contributed by atoms with Crippen molar-refractivity contribution in [1.29, 1.82) is 0 Å². The standard InChI is InChI=1S/C19H16FN/c1-2-14-12-16(8-9-18(14)20)17-10-11-21-19(13-17)15-6-4-3-5-7-15/h3-13H,2H2,1H3/i2D2. The van der Waals surface area contributed by atoms with Crippen molar-refractivity contribution in [1.82, 2.24) is 4.98 Å². The molecule has 0 bridgehead atoms. The molecule has 0 radical (unpaired) electrons. The molecule has 104 valence electrons. The SMILES string of the molecule is [2H]C([2H])(C)c1cc(-c2ccnc(-c3ccccc3)c2)ccc1F. The third-order valence-corrected chi connectivity index (χ3v) is 3.40. The molecule has 0 N–H and O–H groups in total. The second-order valence-corrected chi connectivity index (χ2v) is 4.74. The Morgan fingerprint density at radius 2 is 1.71 bits per heavy atom. The number of pyridine rings is 1. The van der Waals surface area contributed by atoms with E-state index in [2.05, 4.69) is 4.98 Å². The Balaban J connectivity index is 2.07. The van der Waals surface area contributed by atoms with Crippen LogP contribution in [-0.2, 0) is 6.37 Å². The molecule has 1 nitrogen and oxygen atoms in total. The summed E-state index contributed by atoms with van der Waals surface area (Å²) in [4.78, 5) is 4.38. The second kappa shape index (κ2) is 5.88. The van der Waals surface area contributed by atoms with E-state index in [4.69, 9.17) is 2.74 Å². The maximum absolute atomic E-state index is 13.9. The van der Waals surface area contributed by atoms with Crippen molar-refractivity contribution in [2.75, 3.05) is 0 Å². The van der Waals surface area contributed by atoms with E-state index in [1.54, 1.807) is 18.3 Å². The first-order valence-corrected chi connectivity index (χ1v) is 6.77. The Hall–Kier alpha value is -2.48. The Bertz CT molecular complexity index is 826. The molecule has 21 heavy (non-hydrogen) atoms. The van der Waals surface area contributed by atoms with Gasteiger partial charge in [0.2, 0.25) is 0 Å². The van der Waals surface area contributed by atoms with Gasteiger partial charge in [0.15, 0.2) is 0 Å². The summed E-state index contributed by atoms with van der Waals surface area (Å²) in [7, 11) is 0. The van der Waals surface area contributed by atoms with E-state index < -0.39 is 12.2 Å². The van der Waals surface area contributed by atoms with Crippen molar-refractivity contribution in [3.05, 3.63) is 78.2 Å². The molecule has 0 aliphatic heterocycles. The topological polar surface area (TPSA) is 12.9 Å². The summed E-state index contributed by atoms with van der Waals surface area (Å²) in [6.07, 6.45) is -0.0172. The van der Waals surface area contributed by atoms with Gasteiger partial charge in [-0.3, -0.25) is 4.98 Å². The maximum Gasteiger partial charge on any atom is 0.126 e. The fourth-order valence-electron chi connectivity index (χ4n) is 2.27. The van der Waals surface area contributed by atoms with E-state index in [9.17, 15) is 4.39 Å². The Morgan fingerprint density at radius 3 is 2.48 bits per heavy atom. The van der Waals surface area contributed by atoms with Crippen LogP contribution in [0.5, 0.6) is 0 Å². The molecule has 0 fully saturated rings. The van der Waals surface area contributed by atoms with E-state index in [1.165, 1.54) is 13.0 Å². The molecular weight excluding hydrogens is 261 g/mol. The normalized spacial score (nSPS) is 12.7. The lowest BCUT2D eigenvalue weighted by atomic mass is 10.0. The molecule has 0 aliphatic carbocycles. The Morgan fingerprint density at radius 1 is 0.952 bits per heavy atom. The summed E-state index contributed by atoms with van der Waals surface area (Å²) in [6, 6.07) is 18.1. The van der Waals surface area contributed by atoms with Gasteiger partial charge in [-0.05, 0) is 47.3 Å². The van der Waals surface area contributed by atoms with Crippen LogP contribution in [0, 0.1) is 5.82 Å². The number of aromatic nitrogens is 1. The summed E-state index contributed by atoms with van der Waals surface area (Å²) < 4.78 is 29.4. The maximum atomic E-state index is 13.9. The molecule has 2 heteroatoms. The fraction of sp³-hybridized carbons (Fsp3) is 0.105. The number of hydrogen-bond donors (Lipinski definition) is 0. The summed E-state index contributed by atoms with van der Waals surface area (Å²) in [5.74, 6) is -0.529. The number of nitrogens with zero attached hydrogens (tertiary/aromatic N) is 1. The van der Waals surface area contributed by atoms with Crippen LogP contribution in [0.2, 0.25) is 0 Å². The van der Waals surface area contributed by atoms with Crippen LogP contribution in [0.15, 0.2) is 66.9 Å². The van der Waals surface area contributed by atoms with Crippen molar-refractivity contribution in [2.24, 2.45) is 0 Å². The summed E-state index contributed by atoms with van der Waals surface area (Å²) in [5.41, 5.74) is 3.54. The van der Waals surface area contributed by atoms with Crippen molar-refractivity contribution in [3.63, 3.8) is 0 Å². The third-order valence-electron chi connectivity index (χ3n) is 3.40. The molecule has 0 spiro atoms. The summed E-state index contributed by atoms with van der Waals surface area (Å²) >= 11 is 0. The largest absolute Gasteiger partial charge is 0.256 e. The first kappa shape index (κ1) is 11.2. The van der Waals surface area contributed by atoms with Crippen molar-refractivity contribution in [2.45, 2.75) is 13.3 Å². The van der Waals surface area contributed by atoms with E-state index in [0.717, 1.165) is 22.4 Å². The van der Waals surface area contributed by atoms with E-state index in [1.807, 2.05) is 42.5 Å². The van der Waals surface area contributed by atoms with E-state index >= 15 is 0 Å². The van der Waals surface area contributed by atoms with Gasteiger partial charge in [0.1, 0.15) is 5.82 Å². The number of hydrogen-bond acceptors (Lipinski definition) is 1. The summed E-state index contributed by atoms with van der Waals surface area (Å²) in [5, 5.41) is 0. The lowest BCUT2D eigenvalue weighted by molar-refractivity contribution is 0.612. The average Bonchev–Trinajstić information content (AvgIpc) is 2.55. The van der Waals surface area contributed by atoms with Gasteiger partial charge >= 0.3 is 0 Å². The second-order valence-electron chi connectivity index (χ2n) is 4.74. The van der Waals surface area contributed by atoms with Crippen LogP contribution in [0.1, 0.15) is 15.2 Å².